The molecule has 1 aliphatic carbocycles. The Balaban J connectivity index is 1.90. The fourth-order valence-electron chi connectivity index (χ4n) is 4.64. The van der Waals surface area contributed by atoms with Gasteiger partial charge >= 0.3 is 0 Å². The summed E-state index contributed by atoms with van der Waals surface area (Å²) in [5, 5.41) is 0. The summed E-state index contributed by atoms with van der Waals surface area (Å²) < 4.78 is 11.8. The lowest BCUT2D eigenvalue weighted by atomic mass is 9.65. The third kappa shape index (κ3) is 1.32. The fourth-order valence-corrected chi connectivity index (χ4v) is 4.64. The number of likely N-dealkylation sites (tertiary alicyclic amines) is 1. The van der Waals surface area contributed by atoms with Gasteiger partial charge in [0.05, 0.1) is 12.5 Å². The molecule has 0 radical (unpaired) electrons. The van der Waals surface area contributed by atoms with E-state index in [2.05, 4.69) is 24.1 Å². The molecule has 0 amide bonds. The summed E-state index contributed by atoms with van der Waals surface area (Å²) >= 11 is 0. The van der Waals surface area contributed by atoms with Crippen LogP contribution < -0.4 is 9.47 Å². The Hall–Kier alpha value is -1.22. The van der Waals surface area contributed by atoms with E-state index in [9.17, 15) is 0 Å². The Morgan fingerprint density at radius 1 is 1.37 bits per heavy atom. The van der Waals surface area contributed by atoms with Gasteiger partial charge in [0.2, 0.25) is 0 Å². The maximum Gasteiger partial charge on any atom is 0.165 e. The standard InChI is InChI=1S/C16H21NO2/c1-17-10-9-16-11-5-3-6-12(18-2)15(11)19-14(16)8-4-7-13(16)17/h3,5-6,13-14H,4,7-10H2,1-2H3/t13-,14+,16+/m0/s1. The molecule has 19 heavy (non-hydrogen) atoms. The van der Waals surface area contributed by atoms with E-state index in [0.717, 1.165) is 11.5 Å². The normalized spacial score (nSPS) is 36.3. The van der Waals surface area contributed by atoms with Crippen LogP contribution in [0.25, 0.3) is 0 Å². The molecule has 3 aliphatic rings. The SMILES string of the molecule is COc1cccc2c1O[C@@H]1CCC[C@@H]3N(C)CC[C@@]231. The van der Waals surface area contributed by atoms with Crippen LogP contribution in [0.5, 0.6) is 11.5 Å². The second-order valence-electron chi connectivity index (χ2n) is 6.16. The minimum Gasteiger partial charge on any atom is -0.493 e. The van der Waals surface area contributed by atoms with Crippen LogP contribution in [0.4, 0.5) is 0 Å². The van der Waals surface area contributed by atoms with E-state index in [4.69, 9.17) is 9.47 Å². The number of benzene rings is 1. The van der Waals surface area contributed by atoms with Crippen LogP contribution in [-0.4, -0.2) is 37.7 Å². The number of hydrogen-bond acceptors (Lipinski definition) is 3. The molecular formula is C16H21NO2. The molecule has 2 fully saturated rings. The fraction of sp³-hybridized carbons (Fsp3) is 0.625. The minimum atomic E-state index is 0.219. The summed E-state index contributed by atoms with van der Waals surface area (Å²) in [6, 6.07) is 7.03. The van der Waals surface area contributed by atoms with Gasteiger partial charge in [-0.2, -0.15) is 0 Å². The molecule has 1 saturated carbocycles. The van der Waals surface area contributed by atoms with Crippen LogP contribution in [0.1, 0.15) is 31.2 Å². The number of para-hydroxylation sites is 1. The van der Waals surface area contributed by atoms with Crippen molar-refractivity contribution in [2.24, 2.45) is 0 Å². The molecule has 3 heteroatoms. The van der Waals surface area contributed by atoms with Gasteiger partial charge in [-0.3, -0.25) is 0 Å². The molecule has 102 valence electrons. The number of methoxy groups -OCH3 is 1. The number of likely N-dealkylation sites (N-methyl/N-ethyl adjacent to an activating group) is 1. The molecule has 1 aromatic carbocycles. The van der Waals surface area contributed by atoms with Crippen LogP contribution in [0, 0.1) is 0 Å². The molecule has 2 aliphatic heterocycles. The monoisotopic (exact) mass is 259 g/mol. The van der Waals surface area contributed by atoms with Gasteiger partial charge in [-0.05, 0) is 45.3 Å². The molecule has 0 unspecified atom stereocenters. The second kappa shape index (κ2) is 3.89. The number of rotatable bonds is 1. The first-order valence-corrected chi connectivity index (χ1v) is 7.32. The molecule has 1 saturated heterocycles. The smallest absolute Gasteiger partial charge is 0.165 e. The molecule has 0 N–H and O–H groups in total. The highest BCUT2D eigenvalue weighted by Crippen LogP contribution is 2.58. The molecular weight excluding hydrogens is 238 g/mol. The molecule has 3 nitrogen and oxygen atoms in total. The molecule has 1 spiro atoms. The number of hydrogen-bond donors (Lipinski definition) is 0. The first kappa shape index (κ1) is 11.6. The Morgan fingerprint density at radius 3 is 3.11 bits per heavy atom. The van der Waals surface area contributed by atoms with E-state index in [-0.39, 0.29) is 5.41 Å². The van der Waals surface area contributed by atoms with Crippen molar-refractivity contribution >= 4 is 0 Å². The van der Waals surface area contributed by atoms with E-state index >= 15 is 0 Å². The van der Waals surface area contributed by atoms with Crippen molar-refractivity contribution in [2.45, 2.75) is 43.2 Å². The Labute approximate surface area is 114 Å². The average molecular weight is 259 g/mol. The summed E-state index contributed by atoms with van der Waals surface area (Å²) in [7, 11) is 4.00. The van der Waals surface area contributed by atoms with Gasteiger partial charge in [0.15, 0.2) is 11.5 Å². The maximum absolute atomic E-state index is 6.33. The molecule has 2 heterocycles. The van der Waals surface area contributed by atoms with E-state index < -0.39 is 0 Å². The Morgan fingerprint density at radius 2 is 2.26 bits per heavy atom. The van der Waals surface area contributed by atoms with Crippen LogP contribution >= 0.6 is 0 Å². The highest BCUT2D eigenvalue weighted by atomic mass is 16.5. The molecule has 1 aromatic rings. The van der Waals surface area contributed by atoms with Crippen molar-refractivity contribution in [1.82, 2.24) is 4.90 Å². The summed E-state index contributed by atoms with van der Waals surface area (Å²) in [4.78, 5) is 2.53. The third-order valence-electron chi connectivity index (χ3n) is 5.48. The van der Waals surface area contributed by atoms with Crippen molar-refractivity contribution in [1.29, 1.82) is 0 Å². The largest absolute Gasteiger partial charge is 0.493 e. The lowest BCUT2D eigenvalue weighted by Gasteiger charge is -2.41. The van der Waals surface area contributed by atoms with E-state index in [1.165, 1.54) is 37.8 Å². The lowest BCUT2D eigenvalue weighted by Crippen LogP contribution is -2.51. The van der Waals surface area contributed by atoms with Crippen LogP contribution in [0.15, 0.2) is 18.2 Å². The molecule has 3 atom stereocenters. The quantitative estimate of drug-likeness (QED) is 0.773. The minimum absolute atomic E-state index is 0.219. The van der Waals surface area contributed by atoms with Crippen LogP contribution in [0.2, 0.25) is 0 Å². The van der Waals surface area contributed by atoms with E-state index in [1.807, 2.05) is 6.07 Å². The first-order chi connectivity index (χ1) is 9.27. The molecule has 4 rings (SSSR count). The van der Waals surface area contributed by atoms with Crippen molar-refractivity contribution in [3.05, 3.63) is 23.8 Å². The zero-order chi connectivity index (χ0) is 13.0. The van der Waals surface area contributed by atoms with Crippen molar-refractivity contribution in [3.8, 4) is 11.5 Å². The number of ether oxygens (including phenoxy) is 2. The van der Waals surface area contributed by atoms with Crippen LogP contribution in [0.3, 0.4) is 0 Å². The Kier molecular flexibility index (Phi) is 2.37. The van der Waals surface area contributed by atoms with E-state index in [0.29, 0.717) is 12.1 Å². The highest BCUT2D eigenvalue weighted by molar-refractivity contribution is 5.56. The van der Waals surface area contributed by atoms with Gasteiger partial charge in [0.25, 0.3) is 0 Å². The van der Waals surface area contributed by atoms with Gasteiger partial charge < -0.3 is 14.4 Å². The maximum atomic E-state index is 6.33. The molecule has 0 aromatic heterocycles. The summed E-state index contributed by atoms with van der Waals surface area (Å²) in [5.74, 6) is 1.91. The number of nitrogens with zero attached hydrogens (tertiary/aromatic N) is 1. The van der Waals surface area contributed by atoms with Gasteiger partial charge in [0.1, 0.15) is 6.10 Å². The van der Waals surface area contributed by atoms with Crippen molar-refractivity contribution in [3.63, 3.8) is 0 Å². The van der Waals surface area contributed by atoms with Gasteiger partial charge in [0, 0.05) is 11.6 Å². The predicted octanol–water partition coefficient (Wildman–Crippen LogP) is 2.58. The van der Waals surface area contributed by atoms with Crippen molar-refractivity contribution in [2.75, 3.05) is 20.7 Å². The average Bonchev–Trinajstić information content (AvgIpc) is 2.96. The third-order valence-corrected chi connectivity index (χ3v) is 5.48. The highest BCUT2D eigenvalue weighted by Gasteiger charge is 2.59. The van der Waals surface area contributed by atoms with Gasteiger partial charge in [-0.15, -0.1) is 0 Å². The summed E-state index contributed by atoms with van der Waals surface area (Å²) in [5.41, 5.74) is 1.61. The topological polar surface area (TPSA) is 21.7 Å². The zero-order valence-corrected chi connectivity index (χ0v) is 11.7. The van der Waals surface area contributed by atoms with Gasteiger partial charge in [-0.25, -0.2) is 0 Å². The van der Waals surface area contributed by atoms with Gasteiger partial charge in [-0.1, -0.05) is 12.1 Å². The second-order valence-corrected chi connectivity index (χ2v) is 6.16. The lowest BCUT2D eigenvalue weighted by molar-refractivity contribution is 0.0674. The van der Waals surface area contributed by atoms with Crippen LogP contribution in [-0.2, 0) is 5.41 Å². The first-order valence-electron chi connectivity index (χ1n) is 7.32. The van der Waals surface area contributed by atoms with E-state index in [1.54, 1.807) is 7.11 Å². The predicted molar refractivity (Wildman–Crippen MR) is 74.0 cm³/mol. The summed E-state index contributed by atoms with van der Waals surface area (Å²) in [6.07, 6.45) is 5.33. The number of fused-ring (bicyclic) bond motifs is 1. The summed E-state index contributed by atoms with van der Waals surface area (Å²) in [6.45, 7) is 1.18. The Bertz CT molecular complexity index is 515. The van der Waals surface area contributed by atoms with Crippen molar-refractivity contribution < 1.29 is 9.47 Å². The molecule has 0 bridgehead atoms. The zero-order valence-electron chi connectivity index (χ0n) is 11.7.